The number of hydrogen-bond acceptors (Lipinski definition) is 4. The summed E-state index contributed by atoms with van der Waals surface area (Å²) in [4.78, 5) is 24.7. The van der Waals surface area contributed by atoms with Crippen LogP contribution in [-0.4, -0.2) is 28.2 Å². The second-order valence-corrected chi connectivity index (χ2v) is 5.00. The zero-order chi connectivity index (χ0) is 14.4. The van der Waals surface area contributed by atoms with Gasteiger partial charge in [0.05, 0.1) is 5.52 Å². The third kappa shape index (κ3) is 2.26. The smallest absolute Gasteiger partial charge is 0.408 e. The van der Waals surface area contributed by atoms with Gasteiger partial charge in [-0.2, -0.15) is 0 Å². The Kier molecular flexibility index (Phi) is 2.98. The number of hydrogen-bond donors (Lipinski definition) is 1. The lowest BCUT2D eigenvalue weighted by molar-refractivity contribution is -0.133. The highest BCUT2D eigenvalue weighted by Crippen LogP contribution is 2.22. The Morgan fingerprint density at radius 3 is 2.63 bits per heavy atom. The summed E-state index contributed by atoms with van der Waals surface area (Å²) < 4.78 is 6.38. The van der Waals surface area contributed by atoms with E-state index in [2.05, 4.69) is 0 Å². The van der Waals surface area contributed by atoms with Crippen LogP contribution in [0.4, 0.5) is 5.69 Å². The van der Waals surface area contributed by atoms with Gasteiger partial charge in [0, 0.05) is 19.8 Å². The number of fused-ring (bicyclic) bond motifs is 1. The summed E-state index contributed by atoms with van der Waals surface area (Å²) in [5.74, 6) is -0.885. The third-order valence-corrected chi connectivity index (χ3v) is 2.99. The monoisotopic (exact) mass is 264 g/mol. The number of likely N-dealkylation sites (N-methyl/N-ethyl adjacent to an activating group) is 1. The Morgan fingerprint density at radius 2 is 2.05 bits per heavy atom. The number of aliphatic hydroxyl groups is 1. The van der Waals surface area contributed by atoms with Crippen LogP contribution in [-0.2, 0) is 11.8 Å². The molecule has 0 aliphatic carbocycles. The molecule has 1 aromatic carbocycles. The van der Waals surface area contributed by atoms with E-state index >= 15 is 0 Å². The van der Waals surface area contributed by atoms with Crippen molar-refractivity contribution in [3.8, 4) is 0 Å². The highest BCUT2D eigenvalue weighted by Gasteiger charge is 2.28. The highest BCUT2D eigenvalue weighted by atomic mass is 16.4. The van der Waals surface area contributed by atoms with Gasteiger partial charge in [0.25, 0.3) is 5.91 Å². The molecule has 6 nitrogen and oxygen atoms in total. The van der Waals surface area contributed by atoms with Crippen molar-refractivity contribution < 1.29 is 14.3 Å². The Bertz CT molecular complexity index is 691. The van der Waals surface area contributed by atoms with Gasteiger partial charge < -0.3 is 14.4 Å². The molecule has 102 valence electrons. The standard InChI is InChI=1S/C13H16N2O4/c1-13(2,18)11(16)14(3)8-5-6-10-9(7-8)15(4)12(17)19-10/h5-7,18H,1-4H3. The fraction of sp³-hybridized carbons (Fsp3) is 0.385. The summed E-state index contributed by atoms with van der Waals surface area (Å²) in [5.41, 5.74) is 0.181. The third-order valence-electron chi connectivity index (χ3n) is 2.99. The number of benzene rings is 1. The highest BCUT2D eigenvalue weighted by molar-refractivity contribution is 5.99. The molecule has 0 aliphatic rings. The van der Waals surface area contributed by atoms with Gasteiger partial charge >= 0.3 is 5.76 Å². The molecule has 2 aromatic rings. The number of amides is 1. The number of carbonyl (C=O) groups is 1. The molecule has 0 saturated heterocycles. The van der Waals surface area contributed by atoms with Gasteiger partial charge in [-0.05, 0) is 32.0 Å². The fourth-order valence-corrected chi connectivity index (χ4v) is 1.85. The van der Waals surface area contributed by atoms with E-state index in [9.17, 15) is 14.7 Å². The molecule has 1 heterocycles. The maximum atomic E-state index is 12.0. The van der Waals surface area contributed by atoms with Gasteiger partial charge in [0.15, 0.2) is 5.58 Å². The summed E-state index contributed by atoms with van der Waals surface area (Å²) in [7, 11) is 3.16. The Labute approximate surface area is 109 Å². The van der Waals surface area contributed by atoms with Crippen molar-refractivity contribution in [1.82, 2.24) is 4.57 Å². The molecule has 1 aromatic heterocycles. The van der Waals surface area contributed by atoms with Crippen molar-refractivity contribution in [2.24, 2.45) is 7.05 Å². The van der Waals surface area contributed by atoms with Gasteiger partial charge in [0.2, 0.25) is 0 Å². The van der Waals surface area contributed by atoms with Crippen LogP contribution in [0.3, 0.4) is 0 Å². The van der Waals surface area contributed by atoms with Gasteiger partial charge in [0.1, 0.15) is 5.60 Å². The van der Waals surface area contributed by atoms with Crippen LogP contribution in [0.2, 0.25) is 0 Å². The molecular formula is C13H16N2O4. The van der Waals surface area contributed by atoms with Gasteiger partial charge in [-0.1, -0.05) is 0 Å². The molecule has 0 fully saturated rings. The molecule has 2 rings (SSSR count). The molecule has 0 bridgehead atoms. The first-order chi connectivity index (χ1) is 8.71. The number of aromatic nitrogens is 1. The van der Waals surface area contributed by atoms with Crippen LogP contribution in [0.5, 0.6) is 0 Å². The summed E-state index contributed by atoms with van der Waals surface area (Å²) in [6.45, 7) is 2.86. The molecule has 0 aliphatic heterocycles. The lowest BCUT2D eigenvalue weighted by Crippen LogP contribution is -2.43. The summed E-state index contributed by atoms with van der Waals surface area (Å²) in [5, 5.41) is 9.72. The van der Waals surface area contributed by atoms with E-state index in [1.54, 1.807) is 32.3 Å². The normalized spacial score (nSPS) is 11.8. The zero-order valence-electron chi connectivity index (χ0n) is 11.3. The van der Waals surface area contributed by atoms with Crippen LogP contribution in [0.1, 0.15) is 13.8 Å². The van der Waals surface area contributed by atoms with Crippen molar-refractivity contribution in [2.45, 2.75) is 19.4 Å². The van der Waals surface area contributed by atoms with Crippen LogP contribution in [0, 0.1) is 0 Å². The molecule has 0 radical (unpaired) electrons. The minimum absolute atomic E-state index is 0.430. The van der Waals surface area contributed by atoms with Gasteiger partial charge in [-0.25, -0.2) is 4.79 Å². The predicted octanol–water partition coefficient (Wildman–Crippen LogP) is 0.865. The first-order valence-electron chi connectivity index (χ1n) is 5.82. The van der Waals surface area contributed by atoms with Gasteiger partial charge in [-0.3, -0.25) is 9.36 Å². The molecule has 0 spiro atoms. The maximum absolute atomic E-state index is 12.0. The lowest BCUT2D eigenvalue weighted by atomic mass is 10.1. The van der Waals surface area contributed by atoms with Crippen molar-refractivity contribution in [2.75, 3.05) is 11.9 Å². The van der Waals surface area contributed by atoms with Crippen molar-refractivity contribution in [3.63, 3.8) is 0 Å². The number of rotatable bonds is 2. The minimum atomic E-state index is -1.45. The van der Waals surface area contributed by atoms with E-state index < -0.39 is 17.3 Å². The van der Waals surface area contributed by atoms with E-state index in [1.165, 1.54) is 23.3 Å². The minimum Gasteiger partial charge on any atom is -0.408 e. The topological polar surface area (TPSA) is 75.7 Å². The molecular weight excluding hydrogens is 248 g/mol. The Morgan fingerprint density at radius 1 is 1.42 bits per heavy atom. The van der Waals surface area contributed by atoms with Crippen LogP contribution in [0.15, 0.2) is 27.4 Å². The molecule has 1 N–H and O–H groups in total. The maximum Gasteiger partial charge on any atom is 0.419 e. The largest absolute Gasteiger partial charge is 0.419 e. The molecule has 1 amide bonds. The second kappa shape index (κ2) is 4.24. The first kappa shape index (κ1) is 13.4. The predicted molar refractivity (Wildman–Crippen MR) is 71.2 cm³/mol. The molecule has 19 heavy (non-hydrogen) atoms. The number of carbonyl (C=O) groups excluding carboxylic acids is 1. The molecule has 0 atom stereocenters. The van der Waals surface area contributed by atoms with E-state index in [0.717, 1.165) is 0 Å². The molecule has 6 heteroatoms. The average molecular weight is 264 g/mol. The van der Waals surface area contributed by atoms with E-state index in [-0.39, 0.29) is 0 Å². The Hall–Kier alpha value is -2.08. The SMILES string of the molecule is CN(C(=O)C(C)(C)O)c1ccc2oc(=O)n(C)c2c1. The average Bonchev–Trinajstić information content (AvgIpc) is 2.62. The number of nitrogens with zero attached hydrogens (tertiary/aromatic N) is 2. The summed E-state index contributed by atoms with van der Waals surface area (Å²) in [6.07, 6.45) is 0. The summed E-state index contributed by atoms with van der Waals surface area (Å²) in [6, 6.07) is 4.96. The van der Waals surface area contributed by atoms with Crippen LogP contribution >= 0.6 is 0 Å². The van der Waals surface area contributed by atoms with E-state index in [1.807, 2.05) is 0 Å². The molecule has 0 saturated carbocycles. The van der Waals surface area contributed by atoms with Crippen molar-refractivity contribution in [1.29, 1.82) is 0 Å². The second-order valence-electron chi connectivity index (χ2n) is 5.00. The van der Waals surface area contributed by atoms with Crippen LogP contribution < -0.4 is 10.7 Å². The van der Waals surface area contributed by atoms with Crippen molar-refractivity contribution in [3.05, 3.63) is 28.7 Å². The van der Waals surface area contributed by atoms with E-state index in [4.69, 9.17) is 4.42 Å². The summed E-state index contributed by atoms with van der Waals surface area (Å²) >= 11 is 0. The van der Waals surface area contributed by atoms with Crippen molar-refractivity contribution >= 4 is 22.7 Å². The quantitative estimate of drug-likeness (QED) is 0.873. The lowest BCUT2D eigenvalue weighted by Gasteiger charge is -2.25. The number of anilines is 1. The van der Waals surface area contributed by atoms with E-state index in [0.29, 0.717) is 16.8 Å². The first-order valence-corrected chi connectivity index (χ1v) is 5.82. The fourth-order valence-electron chi connectivity index (χ4n) is 1.85. The molecule has 0 unspecified atom stereocenters. The number of oxazole rings is 1. The van der Waals surface area contributed by atoms with Gasteiger partial charge in [-0.15, -0.1) is 0 Å². The van der Waals surface area contributed by atoms with Crippen LogP contribution in [0.25, 0.3) is 11.1 Å². The number of aryl methyl sites for hydroxylation is 1. The Balaban J connectivity index is 2.49. The zero-order valence-corrected chi connectivity index (χ0v) is 11.3.